The zero-order valence-corrected chi connectivity index (χ0v) is 14.4. The number of benzene rings is 2. The fourth-order valence-corrected chi connectivity index (χ4v) is 5.72. The van der Waals surface area contributed by atoms with Crippen LogP contribution in [-0.2, 0) is 0 Å². The van der Waals surface area contributed by atoms with Gasteiger partial charge in [0, 0.05) is 5.69 Å². The molecule has 3 nitrogen and oxygen atoms in total. The second-order valence-corrected chi connectivity index (χ2v) is 8.08. The number of aromatic carboxylic acids is 1. The van der Waals surface area contributed by atoms with Gasteiger partial charge in [0.05, 0.1) is 11.6 Å². The highest BCUT2D eigenvalue weighted by Crippen LogP contribution is 2.63. The van der Waals surface area contributed by atoms with Crippen LogP contribution in [0.25, 0.3) is 0 Å². The summed E-state index contributed by atoms with van der Waals surface area (Å²) >= 11 is 0. The van der Waals surface area contributed by atoms with Gasteiger partial charge in [-0.1, -0.05) is 29.8 Å². The van der Waals surface area contributed by atoms with E-state index >= 15 is 0 Å². The standard InChI is InChI=1S/C22H23NO2/c1-12-2-4-13(5-3-12)21-20-15-7-6-14(10-15)19(20)17-11-16(22(24)25)8-9-18(17)23-21/h2-5,8-9,11,14-15,19-21,23H,6-7,10H2,1H3,(H,24,25)/t14-,15-,19+,20+,21-/m0/s1. The lowest BCUT2D eigenvalue weighted by Gasteiger charge is -2.43. The first kappa shape index (κ1) is 15.0. The van der Waals surface area contributed by atoms with E-state index in [1.807, 2.05) is 12.1 Å². The molecule has 128 valence electrons. The molecule has 3 aliphatic rings. The van der Waals surface area contributed by atoms with E-state index in [-0.39, 0.29) is 0 Å². The van der Waals surface area contributed by atoms with Gasteiger partial charge in [0.2, 0.25) is 0 Å². The first-order valence-electron chi connectivity index (χ1n) is 9.32. The summed E-state index contributed by atoms with van der Waals surface area (Å²) in [5.74, 6) is 1.73. The minimum atomic E-state index is -0.830. The van der Waals surface area contributed by atoms with Crippen LogP contribution >= 0.6 is 0 Å². The van der Waals surface area contributed by atoms with Gasteiger partial charge in [0.1, 0.15) is 0 Å². The molecule has 5 rings (SSSR count). The molecule has 0 amide bonds. The highest BCUT2D eigenvalue weighted by Gasteiger charge is 2.53. The molecule has 2 bridgehead atoms. The number of carboxylic acids is 1. The highest BCUT2D eigenvalue weighted by atomic mass is 16.4. The van der Waals surface area contributed by atoms with Gasteiger partial charge in [-0.3, -0.25) is 0 Å². The Morgan fingerprint density at radius 1 is 1.08 bits per heavy atom. The van der Waals surface area contributed by atoms with Crippen molar-refractivity contribution in [3.63, 3.8) is 0 Å². The predicted molar refractivity (Wildman–Crippen MR) is 98.0 cm³/mol. The summed E-state index contributed by atoms with van der Waals surface area (Å²) in [4.78, 5) is 11.4. The van der Waals surface area contributed by atoms with Crippen LogP contribution in [0.2, 0.25) is 0 Å². The van der Waals surface area contributed by atoms with Crippen molar-refractivity contribution in [2.75, 3.05) is 5.32 Å². The molecule has 0 unspecified atom stereocenters. The van der Waals surface area contributed by atoms with Crippen LogP contribution in [0, 0.1) is 24.7 Å². The van der Waals surface area contributed by atoms with Crippen molar-refractivity contribution in [3.8, 4) is 0 Å². The fraction of sp³-hybridized carbons (Fsp3) is 0.409. The van der Waals surface area contributed by atoms with Gasteiger partial charge < -0.3 is 10.4 Å². The molecule has 5 atom stereocenters. The van der Waals surface area contributed by atoms with Crippen LogP contribution in [0.5, 0.6) is 0 Å². The minimum Gasteiger partial charge on any atom is -0.478 e. The summed E-state index contributed by atoms with van der Waals surface area (Å²) in [7, 11) is 0. The molecule has 0 radical (unpaired) electrons. The highest BCUT2D eigenvalue weighted by molar-refractivity contribution is 5.88. The molecule has 0 saturated heterocycles. The third kappa shape index (κ3) is 2.21. The van der Waals surface area contributed by atoms with Crippen molar-refractivity contribution in [3.05, 3.63) is 64.7 Å². The van der Waals surface area contributed by atoms with Crippen molar-refractivity contribution in [2.45, 2.75) is 38.1 Å². The van der Waals surface area contributed by atoms with Gasteiger partial charge in [-0.15, -0.1) is 0 Å². The lowest BCUT2D eigenvalue weighted by molar-refractivity contribution is 0.0696. The van der Waals surface area contributed by atoms with Crippen molar-refractivity contribution < 1.29 is 9.90 Å². The lowest BCUT2D eigenvalue weighted by Crippen LogP contribution is -2.35. The fourth-order valence-electron chi connectivity index (χ4n) is 5.72. The maximum Gasteiger partial charge on any atom is 0.335 e. The van der Waals surface area contributed by atoms with Gasteiger partial charge in [0.15, 0.2) is 0 Å². The van der Waals surface area contributed by atoms with Crippen LogP contribution in [0.1, 0.15) is 58.3 Å². The maximum absolute atomic E-state index is 11.4. The average molecular weight is 333 g/mol. The van der Waals surface area contributed by atoms with E-state index in [2.05, 4.69) is 36.5 Å². The maximum atomic E-state index is 11.4. The van der Waals surface area contributed by atoms with Gasteiger partial charge in [-0.05, 0) is 79.2 Å². The molecule has 1 heterocycles. The number of fused-ring (bicyclic) bond motifs is 7. The molecule has 25 heavy (non-hydrogen) atoms. The summed E-state index contributed by atoms with van der Waals surface area (Å²) in [5, 5.41) is 13.2. The van der Waals surface area contributed by atoms with Crippen molar-refractivity contribution in [1.82, 2.24) is 0 Å². The topological polar surface area (TPSA) is 49.3 Å². The van der Waals surface area contributed by atoms with E-state index in [1.54, 1.807) is 6.07 Å². The minimum absolute atomic E-state index is 0.337. The molecular weight excluding hydrogens is 310 g/mol. The smallest absolute Gasteiger partial charge is 0.335 e. The lowest BCUT2D eigenvalue weighted by atomic mass is 9.68. The van der Waals surface area contributed by atoms with E-state index in [4.69, 9.17) is 0 Å². The van der Waals surface area contributed by atoms with Gasteiger partial charge in [-0.25, -0.2) is 4.79 Å². The first-order valence-corrected chi connectivity index (χ1v) is 9.32. The molecule has 3 heteroatoms. The number of hydrogen-bond donors (Lipinski definition) is 2. The van der Waals surface area contributed by atoms with Gasteiger partial charge in [-0.2, -0.15) is 0 Å². The molecule has 2 aromatic carbocycles. The van der Waals surface area contributed by atoms with Gasteiger partial charge in [0.25, 0.3) is 0 Å². The van der Waals surface area contributed by atoms with Crippen LogP contribution in [0.15, 0.2) is 42.5 Å². The molecular formula is C22H23NO2. The Morgan fingerprint density at radius 2 is 1.84 bits per heavy atom. The van der Waals surface area contributed by atoms with E-state index < -0.39 is 5.97 Å². The molecule has 0 spiro atoms. The average Bonchev–Trinajstić information content (AvgIpc) is 3.23. The van der Waals surface area contributed by atoms with E-state index in [0.717, 1.165) is 11.6 Å². The zero-order chi connectivity index (χ0) is 17.1. The molecule has 2 aliphatic carbocycles. The SMILES string of the molecule is Cc1ccc([C@@H]2Nc3ccc(C(=O)O)cc3[C@H]3[C@H]4CC[C@@H](C4)[C@H]32)cc1. The molecule has 2 fully saturated rings. The summed E-state index contributed by atoms with van der Waals surface area (Å²) < 4.78 is 0. The Hall–Kier alpha value is -2.29. The van der Waals surface area contributed by atoms with Crippen LogP contribution in [-0.4, -0.2) is 11.1 Å². The van der Waals surface area contributed by atoms with E-state index in [9.17, 15) is 9.90 Å². The third-order valence-corrected chi connectivity index (χ3v) is 6.77. The summed E-state index contributed by atoms with van der Waals surface area (Å²) in [6, 6.07) is 14.9. The van der Waals surface area contributed by atoms with E-state index in [1.165, 1.54) is 36.0 Å². The Morgan fingerprint density at radius 3 is 2.60 bits per heavy atom. The zero-order valence-electron chi connectivity index (χ0n) is 14.4. The Balaban J connectivity index is 1.62. The van der Waals surface area contributed by atoms with Crippen molar-refractivity contribution >= 4 is 11.7 Å². The monoisotopic (exact) mass is 333 g/mol. The Kier molecular flexibility index (Phi) is 3.21. The second-order valence-electron chi connectivity index (χ2n) is 8.08. The van der Waals surface area contributed by atoms with Crippen LogP contribution < -0.4 is 5.32 Å². The molecule has 2 N–H and O–H groups in total. The predicted octanol–water partition coefficient (Wildman–Crippen LogP) is 4.99. The summed E-state index contributed by atoms with van der Waals surface area (Å²) in [6.45, 7) is 2.13. The van der Waals surface area contributed by atoms with Crippen molar-refractivity contribution in [2.24, 2.45) is 17.8 Å². The van der Waals surface area contributed by atoms with Crippen molar-refractivity contribution in [1.29, 1.82) is 0 Å². The normalized spacial score (nSPS) is 32.0. The van der Waals surface area contributed by atoms with Crippen LogP contribution in [0.4, 0.5) is 5.69 Å². The number of carboxylic acid groups (broad SMARTS) is 1. The molecule has 1 aliphatic heterocycles. The first-order chi connectivity index (χ1) is 12.1. The quantitative estimate of drug-likeness (QED) is 0.814. The summed E-state index contributed by atoms with van der Waals surface area (Å²) in [6.07, 6.45) is 3.92. The summed E-state index contributed by atoms with van der Waals surface area (Å²) in [5.41, 5.74) is 5.43. The number of rotatable bonds is 2. The number of aryl methyl sites for hydroxylation is 1. The number of hydrogen-bond acceptors (Lipinski definition) is 2. The molecule has 0 aromatic heterocycles. The molecule has 2 saturated carbocycles. The third-order valence-electron chi connectivity index (χ3n) is 6.77. The number of nitrogens with one attached hydrogen (secondary N) is 1. The van der Waals surface area contributed by atoms with E-state index in [0.29, 0.717) is 29.4 Å². The van der Waals surface area contributed by atoms with Crippen LogP contribution in [0.3, 0.4) is 0 Å². The number of carbonyl (C=O) groups is 1. The second kappa shape index (κ2) is 5.35. The number of anilines is 1. The van der Waals surface area contributed by atoms with Gasteiger partial charge >= 0.3 is 5.97 Å². The Bertz CT molecular complexity index is 842. The molecule has 2 aromatic rings. The largest absolute Gasteiger partial charge is 0.478 e. The Labute approximate surface area is 148 Å².